The molecule has 1 aliphatic heterocycles. The van der Waals surface area contributed by atoms with E-state index in [0.717, 1.165) is 19.5 Å². The number of likely N-dealkylation sites (N-methyl/N-ethyl adjacent to an activating group) is 1. The normalized spacial score (nSPS) is 18.2. The molecular weight excluding hydrogens is 282 g/mol. The molecule has 0 bridgehead atoms. The molecule has 2 rings (SSSR count). The highest BCUT2D eigenvalue weighted by Gasteiger charge is 2.25. The number of nitrogens with two attached hydrogens (primary N) is 1. The van der Waals surface area contributed by atoms with E-state index in [1.807, 2.05) is 0 Å². The highest BCUT2D eigenvalue weighted by atomic mass is 16.5. The molecule has 122 valence electrons. The van der Waals surface area contributed by atoms with Crippen LogP contribution in [0.15, 0.2) is 12.1 Å². The standard InChI is InChI=1S/C16H25N3O3/c1-4-19-9-5-6-11(19)10-18-16(20)14-12(17)7-8-13(21-2)15(14)22-3/h7-8,11H,4-6,9-10,17H2,1-3H3,(H,18,20)/t11-/m0/s1. The van der Waals surface area contributed by atoms with Gasteiger partial charge in [0.15, 0.2) is 11.5 Å². The molecule has 1 aliphatic rings. The Morgan fingerprint density at radius 2 is 2.18 bits per heavy atom. The SMILES string of the molecule is CCN1CCC[C@H]1CNC(=O)c1c(N)ccc(OC)c1OC. The fraction of sp³-hybridized carbons (Fsp3) is 0.562. The van der Waals surface area contributed by atoms with Crippen molar-refractivity contribution in [1.82, 2.24) is 10.2 Å². The molecule has 1 atom stereocenters. The summed E-state index contributed by atoms with van der Waals surface area (Å²) in [5.74, 6) is 0.646. The van der Waals surface area contributed by atoms with Gasteiger partial charge in [0.05, 0.1) is 14.2 Å². The van der Waals surface area contributed by atoms with Crippen molar-refractivity contribution in [3.05, 3.63) is 17.7 Å². The van der Waals surface area contributed by atoms with Crippen molar-refractivity contribution in [2.24, 2.45) is 0 Å². The van der Waals surface area contributed by atoms with Crippen LogP contribution in [0.5, 0.6) is 11.5 Å². The third kappa shape index (κ3) is 3.27. The van der Waals surface area contributed by atoms with Gasteiger partial charge in [-0.1, -0.05) is 6.92 Å². The summed E-state index contributed by atoms with van der Waals surface area (Å²) in [5.41, 5.74) is 6.67. The summed E-state index contributed by atoms with van der Waals surface area (Å²) < 4.78 is 10.5. The second-order valence-electron chi connectivity index (χ2n) is 5.40. The predicted molar refractivity (Wildman–Crippen MR) is 86.6 cm³/mol. The first-order valence-corrected chi connectivity index (χ1v) is 7.65. The summed E-state index contributed by atoms with van der Waals surface area (Å²) in [6, 6.07) is 3.75. The number of nitrogen functional groups attached to an aromatic ring is 1. The minimum atomic E-state index is -0.226. The minimum Gasteiger partial charge on any atom is -0.493 e. The highest BCUT2D eigenvalue weighted by molar-refractivity contribution is 6.02. The zero-order valence-corrected chi connectivity index (χ0v) is 13.5. The van der Waals surface area contributed by atoms with Crippen molar-refractivity contribution in [1.29, 1.82) is 0 Å². The number of hydrogen-bond donors (Lipinski definition) is 2. The molecule has 1 fully saturated rings. The number of nitrogens with zero attached hydrogens (tertiary/aromatic N) is 1. The summed E-state index contributed by atoms with van der Waals surface area (Å²) in [6.45, 7) is 4.86. The average molecular weight is 307 g/mol. The van der Waals surface area contributed by atoms with E-state index in [4.69, 9.17) is 15.2 Å². The number of amides is 1. The van der Waals surface area contributed by atoms with E-state index in [0.29, 0.717) is 35.3 Å². The number of carbonyl (C=O) groups is 1. The lowest BCUT2D eigenvalue weighted by Crippen LogP contribution is -2.40. The summed E-state index contributed by atoms with van der Waals surface area (Å²) in [4.78, 5) is 14.9. The van der Waals surface area contributed by atoms with Crippen LogP contribution in [0.4, 0.5) is 5.69 Å². The molecule has 1 saturated heterocycles. The van der Waals surface area contributed by atoms with Gasteiger partial charge in [-0.3, -0.25) is 9.69 Å². The smallest absolute Gasteiger partial charge is 0.257 e. The lowest BCUT2D eigenvalue weighted by molar-refractivity contribution is 0.0938. The number of nitrogens with one attached hydrogen (secondary N) is 1. The molecular formula is C16H25N3O3. The fourth-order valence-electron chi connectivity index (χ4n) is 3.02. The zero-order valence-electron chi connectivity index (χ0n) is 13.5. The zero-order chi connectivity index (χ0) is 16.1. The summed E-state index contributed by atoms with van der Waals surface area (Å²) in [6.07, 6.45) is 2.29. The van der Waals surface area contributed by atoms with Gasteiger partial charge in [0.25, 0.3) is 5.91 Å². The molecule has 0 saturated carbocycles. The van der Waals surface area contributed by atoms with E-state index >= 15 is 0 Å². The molecule has 0 unspecified atom stereocenters. The lowest BCUT2D eigenvalue weighted by atomic mass is 10.1. The number of rotatable bonds is 6. The number of anilines is 1. The van der Waals surface area contributed by atoms with Gasteiger partial charge in [-0.2, -0.15) is 0 Å². The number of methoxy groups -OCH3 is 2. The van der Waals surface area contributed by atoms with Crippen LogP contribution in [-0.4, -0.2) is 50.7 Å². The van der Waals surface area contributed by atoms with Gasteiger partial charge >= 0.3 is 0 Å². The number of carbonyl (C=O) groups excluding carboxylic acids is 1. The molecule has 1 aromatic rings. The van der Waals surface area contributed by atoms with Gasteiger partial charge in [0, 0.05) is 18.3 Å². The molecule has 3 N–H and O–H groups in total. The maximum absolute atomic E-state index is 12.5. The van der Waals surface area contributed by atoms with Crippen LogP contribution in [0, 0.1) is 0 Å². The van der Waals surface area contributed by atoms with Gasteiger partial charge in [-0.05, 0) is 38.1 Å². The quantitative estimate of drug-likeness (QED) is 0.779. The summed E-state index contributed by atoms with van der Waals surface area (Å²) in [7, 11) is 3.04. The summed E-state index contributed by atoms with van der Waals surface area (Å²) >= 11 is 0. The van der Waals surface area contributed by atoms with Crippen LogP contribution in [0.1, 0.15) is 30.1 Å². The van der Waals surface area contributed by atoms with Crippen molar-refractivity contribution in [2.45, 2.75) is 25.8 Å². The van der Waals surface area contributed by atoms with Crippen LogP contribution in [-0.2, 0) is 0 Å². The van der Waals surface area contributed by atoms with Crippen molar-refractivity contribution in [2.75, 3.05) is 39.6 Å². The molecule has 0 radical (unpaired) electrons. The molecule has 6 heteroatoms. The number of benzene rings is 1. The lowest BCUT2D eigenvalue weighted by Gasteiger charge is -2.23. The van der Waals surface area contributed by atoms with Crippen molar-refractivity contribution in [3.8, 4) is 11.5 Å². The van der Waals surface area contributed by atoms with Gasteiger partial charge in [-0.25, -0.2) is 0 Å². The molecule has 6 nitrogen and oxygen atoms in total. The van der Waals surface area contributed by atoms with Gasteiger partial charge in [0.2, 0.25) is 0 Å². The molecule has 1 heterocycles. The number of likely N-dealkylation sites (tertiary alicyclic amines) is 1. The van der Waals surface area contributed by atoms with Crippen LogP contribution >= 0.6 is 0 Å². The Bertz CT molecular complexity index is 534. The second-order valence-corrected chi connectivity index (χ2v) is 5.40. The summed E-state index contributed by atoms with van der Waals surface area (Å²) in [5, 5.41) is 2.98. The Kier molecular flexibility index (Phi) is 5.49. The van der Waals surface area contributed by atoms with Gasteiger partial charge in [-0.15, -0.1) is 0 Å². The Balaban J connectivity index is 2.12. The average Bonchev–Trinajstić information content (AvgIpc) is 2.99. The van der Waals surface area contributed by atoms with E-state index in [2.05, 4.69) is 17.1 Å². The minimum absolute atomic E-state index is 0.226. The highest BCUT2D eigenvalue weighted by Crippen LogP contribution is 2.34. The fourth-order valence-corrected chi connectivity index (χ4v) is 3.02. The Labute approximate surface area is 131 Å². The topological polar surface area (TPSA) is 76.8 Å². The van der Waals surface area contributed by atoms with Crippen molar-refractivity contribution in [3.63, 3.8) is 0 Å². The van der Waals surface area contributed by atoms with E-state index in [9.17, 15) is 4.79 Å². The van der Waals surface area contributed by atoms with Crippen LogP contribution in [0.25, 0.3) is 0 Å². The number of hydrogen-bond acceptors (Lipinski definition) is 5. The van der Waals surface area contributed by atoms with Crippen LogP contribution in [0.2, 0.25) is 0 Å². The molecule has 0 aromatic heterocycles. The second kappa shape index (κ2) is 7.35. The predicted octanol–water partition coefficient (Wildman–Crippen LogP) is 1.50. The molecule has 1 aromatic carbocycles. The molecule has 0 aliphatic carbocycles. The van der Waals surface area contributed by atoms with E-state index in [1.165, 1.54) is 20.6 Å². The molecule has 22 heavy (non-hydrogen) atoms. The van der Waals surface area contributed by atoms with Gasteiger partial charge in [0.1, 0.15) is 5.56 Å². The Hall–Kier alpha value is -1.95. The Morgan fingerprint density at radius 1 is 1.41 bits per heavy atom. The van der Waals surface area contributed by atoms with Crippen LogP contribution < -0.4 is 20.5 Å². The van der Waals surface area contributed by atoms with E-state index in [-0.39, 0.29) is 5.91 Å². The molecule has 0 spiro atoms. The van der Waals surface area contributed by atoms with Gasteiger partial charge < -0.3 is 20.5 Å². The maximum atomic E-state index is 12.5. The Morgan fingerprint density at radius 3 is 2.82 bits per heavy atom. The van der Waals surface area contributed by atoms with Crippen LogP contribution in [0.3, 0.4) is 0 Å². The number of ether oxygens (including phenoxy) is 2. The largest absolute Gasteiger partial charge is 0.493 e. The van der Waals surface area contributed by atoms with E-state index < -0.39 is 0 Å². The monoisotopic (exact) mass is 307 g/mol. The van der Waals surface area contributed by atoms with Crippen molar-refractivity contribution < 1.29 is 14.3 Å². The molecule has 1 amide bonds. The third-order valence-corrected chi connectivity index (χ3v) is 4.21. The first-order chi connectivity index (χ1) is 10.6. The van der Waals surface area contributed by atoms with Crippen molar-refractivity contribution >= 4 is 11.6 Å². The van der Waals surface area contributed by atoms with E-state index in [1.54, 1.807) is 12.1 Å². The maximum Gasteiger partial charge on any atom is 0.257 e. The third-order valence-electron chi connectivity index (χ3n) is 4.21. The first-order valence-electron chi connectivity index (χ1n) is 7.65. The first kappa shape index (κ1) is 16.4.